The number of carbonyl (C=O) groups is 2. The topological polar surface area (TPSA) is 49.4 Å². The van der Waals surface area contributed by atoms with Gasteiger partial charge >= 0.3 is 0 Å². The van der Waals surface area contributed by atoms with E-state index in [4.69, 9.17) is 0 Å². The van der Waals surface area contributed by atoms with Crippen molar-refractivity contribution in [1.29, 1.82) is 0 Å². The minimum atomic E-state index is -0.491. The Morgan fingerprint density at radius 3 is 2.79 bits per heavy atom. The van der Waals surface area contributed by atoms with Crippen LogP contribution in [0.3, 0.4) is 0 Å². The van der Waals surface area contributed by atoms with Crippen LogP contribution in [0.25, 0.3) is 0 Å². The summed E-state index contributed by atoms with van der Waals surface area (Å²) in [5.41, 5.74) is 0.686. The molecule has 1 atom stereocenters. The monoisotopic (exact) mass is 264 g/mol. The highest BCUT2D eigenvalue weighted by atomic mass is 19.1. The first kappa shape index (κ1) is 13.5. The predicted molar refractivity (Wildman–Crippen MR) is 68.6 cm³/mol. The predicted octanol–water partition coefficient (Wildman–Crippen LogP) is 1.31. The number of hydrogen-bond donors (Lipinski definition) is 1. The maximum absolute atomic E-state index is 13.1. The summed E-state index contributed by atoms with van der Waals surface area (Å²) < 4.78 is 13.1. The van der Waals surface area contributed by atoms with Crippen LogP contribution in [0.15, 0.2) is 24.3 Å². The lowest BCUT2D eigenvalue weighted by Crippen LogP contribution is -2.59. The fraction of sp³-hybridized carbons (Fsp3) is 0.429. The Balaban J connectivity index is 2.14. The van der Waals surface area contributed by atoms with Crippen molar-refractivity contribution in [3.63, 3.8) is 0 Å². The number of amides is 2. The molecule has 0 spiro atoms. The highest BCUT2D eigenvalue weighted by Crippen LogP contribution is 2.14. The van der Waals surface area contributed by atoms with E-state index >= 15 is 0 Å². The number of carbonyl (C=O) groups excluding carboxylic acids is 2. The largest absolute Gasteiger partial charge is 0.343 e. The van der Waals surface area contributed by atoms with Gasteiger partial charge in [-0.3, -0.25) is 9.59 Å². The molecule has 0 aliphatic carbocycles. The van der Waals surface area contributed by atoms with Gasteiger partial charge in [0.05, 0.1) is 6.54 Å². The van der Waals surface area contributed by atoms with E-state index in [0.717, 1.165) is 0 Å². The molecule has 0 aromatic heterocycles. The Labute approximate surface area is 111 Å². The molecule has 19 heavy (non-hydrogen) atoms. The smallest absolute Gasteiger partial charge is 0.246 e. The Kier molecular flexibility index (Phi) is 3.83. The Bertz CT molecular complexity index is 502. The second-order valence-corrected chi connectivity index (χ2v) is 5.11. The van der Waals surface area contributed by atoms with Gasteiger partial charge in [-0.1, -0.05) is 26.0 Å². The zero-order chi connectivity index (χ0) is 14.0. The zero-order valence-corrected chi connectivity index (χ0v) is 11.0. The first-order valence-corrected chi connectivity index (χ1v) is 6.30. The lowest BCUT2D eigenvalue weighted by molar-refractivity contribution is -0.146. The van der Waals surface area contributed by atoms with Gasteiger partial charge in [0.15, 0.2) is 0 Å². The van der Waals surface area contributed by atoms with Crippen LogP contribution in [-0.2, 0) is 16.1 Å². The van der Waals surface area contributed by atoms with E-state index in [0.29, 0.717) is 5.56 Å². The van der Waals surface area contributed by atoms with Crippen LogP contribution in [0.1, 0.15) is 19.4 Å². The van der Waals surface area contributed by atoms with Crippen LogP contribution in [0.5, 0.6) is 0 Å². The minimum Gasteiger partial charge on any atom is -0.343 e. The number of nitrogens with one attached hydrogen (secondary N) is 1. The molecule has 0 radical (unpaired) electrons. The number of halogens is 1. The summed E-state index contributed by atoms with van der Waals surface area (Å²) >= 11 is 0. The molecular formula is C14H17FN2O2. The van der Waals surface area contributed by atoms with Gasteiger partial charge in [0, 0.05) is 6.54 Å². The van der Waals surface area contributed by atoms with Crippen molar-refractivity contribution in [2.75, 3.05) is 6.54 Å². The van der Waals surface area contributed by atoms with E-state index < -0.39 is 6.04 Å². The van der Waals surface area contributed by atoms with E-state index in [1.807, 2.05) is 13.8 Å². The number of benzene rings is 1. The fourth-order valence-electron chi connectivity index (χ4n) is 2.17. The Hall–Kier alpha value is -1.91. The molecule has 1 aliphatic rings. The number of piperazine rings is 1. The SMILES string of the molecule is CC(C)C1NC(=O)CN(Cc2cccc(F)c2)C1=O. The van der Waals surface area contributed by atoms with Crippen molar-refractivity contribution in [3.05, 3.63) is 35.6 Å². The molecule has 1 fully saturated rings. The quantitative estimate of drug-likeness (QED) is 0.895. The maximum Gasteiger partial charge on any atom is 0.246 e. The zero-order valence-electron chi connectivity index (χ0n) is 11.0. The maximum atomic E-state index is 13.1. The summed E-state index contributed by atoms with van der Waals surface area (Å²) in [5.74, 6) is -0.591. The third-order valence-corrected chi connectivity index (χ3v) is 3.16. The molecule has 102 valence electrons. The van der Waals surface area contributed by atoms with Gasteiger partial charge < -0.3 is 10.2 Å². The van der Waals surface area contributed by atoms with Gasteiger partial charge in [0.1, 0.15) is 11.9 Å². The first-order valence-electron chi connectivity index (χ1n) is 6.30. The molecular weight excluding hydrogens is 247 g/mol. The Morgan fingerprint density at radius 2 is 2.16 bits per heavy atom. The molecule has 1 heterocycles. The van der Waals surface area contributed by atoms with Crippen molar-refractivity contribution in [2.45, 2.75) is 26.4 Å². The normalized spacial score (nSPS) is 19.8. The highest BCUT2D eigenvalue weighted by Gasteiger charge is 2.34. The van der Waals surface area contributed by atoms with Crippen LogP contribution in [0.2, 0.25) is 0 Å². The van der Waals surface area contributed by atoms with E-state index in [-0.39, 0.29) is 36.6 Å². The molecule has 1 aliphatic heterocycles. The summed E-state index contributed by atoms with van der Waals surface area (Å²) in [6.45, 7) is 4.05. The Morgan fingerprint density at radius 1 is 1.42 bits per heavy atom. The average Bonchev–Trinajstić information content (AvgIpc) is 2.33. The first-order chi connectivity index (χ1) is 8.97. The molecule has 2 rings (SSSR count). The number of rotatable bonds is 3. The third-order valence-electron chi connectivity index (χ3n) is 3.16. The standard InChI is InChI=1S/C14H17FN2O2/c1-9(2)13-14(19)17(8-12(18)16-13)7-10-4-3-5-11(15)6-10/h3-6,9,13H,7-8H2,1-2H3,(H,16,18). The van der Waals surface area contributed by atoms with Crippen molar-refractivity contribution in [3.8, 4) is 0 Å². The van der Waals surface area contributed by atoms with Gasteiger partial charge in [0.2, 0.25) is 11.8 Å². The molecule has 1 saturated heterocycles. The average molecular weight is 264 g/mol. The molecule has 2 amide bonds. The lowest BCUT2D eigenvalue weighted by Gasteiger charge is -2.34. The summed E-state index contributed by atoms with van der Waals surface area (Å²) in [5, 5.41) is 2.69. The van der Waals surface area contributed by atoms with Gasteiger partial charge in [0.25, 0.3) is 0 Å². The third kappa shape index (κ3) is 3.10. The molecule has 1 aromatic rings. The summed E-state index contributed by atoms with van der Waals surface area (Å²) in [6.07, 6.45) is 0. The molecule has 0 saturated carbocycles. The minimum absolute atomic E-state index is 0.0264. The summed E-state index contributed by atoms with van der Waals surface area (Å²) in [6, 6.07) is 5.58. The molecule has 1 N–H and O–H groups in total. The molecule has 0 bridgehead atoms. The number of hydrogen-bond acceptors (Lipinski definition) is 2. The van der Waals surface area contributed by atoms with E-state index in [9.17, 15) is 14.0 Å². The summed E-state index contributed by atoms with van der Waals surface area (Å²) in [4.78, 5) is 25.3. The van der Waals surface area contributed by atoms with Gasteiger partial charge in [-0.25, -0.2) is 4.39 Å². The summed E-state index contributed by atoms with van der Waals surface area (Å²) in [7, 11) is 0. The lowest BCUT2D eigenvalue weighted by atomic mass is 10.0. The molecule has 1 aromatic carbocycles. The van der Waals surface area contributed by atoms with Crippen LogP contribution in [0, 0.1) is 11.7 Å². The van der Waals surface area contributed by atoms with Crippen LogP contribution in [-0.4, -0.2) is 29.3 Å². The van der Waals surface area contributed by atoms with Crippen LogP contribution in [0.4, 0.5) is 4.39 Å². The van der Waals surface area contributed by atoms with Crippen molar-refractivity contribution >= 4 is 11.8 Å². The molecule has 5 heteroatoms. The highest BCUT2D eigenvalue weighted by molar-refractivity contribution is 5.94. The van der Waals surface area contributed by atoms with Crippen molar-refractivity contribution in [1.82, 2.24) is 10.2 Å². The van der Waals surface area contributed by atoms with Gasteiger partial charge in [-0.15, -0.1) is 0 Å². The molecule has 1 unspecified atom stereocenters. The van der Waals surface area contributed by atoms with Crippen LogP contribution < -0.4 is 5.32 Å². The van der Waals surface area contributed by atoms with E-state index in [2.05, 4.69) is 5.32 Å². The fourth-order valence-corrected chi connectivity index (χ4v) is 2.17. The van der Waals surface area contributed by atoms with Gasteiger partial charge in [-0.05, 0) is 23.6 Å². The second-order valence-electron chi connectivity index (χ2n) is 5.11. The van der Waals surface area contributed by atoms with E-state index in [1.165, 1.54) is 17.0 Å². The van der Waals surface area contributed by atoms with E-state index in [1.54, 1.807) is 12.1 Å². The van der Waals surface area contributed by atoms with Gasteiger partial charge in [-0.2, -0.15) is 0 Å². The second kappa shape index (κ2) is 5.38. The molecule has 4 nitrogen and oxygen atoms in total. The number of nitrogens with zero attached hydrogens (tertiary/aromatic N) is 1. The van der Waals surface area contributed by atoms with Crippen molar-refractivity contribution < 1.29 is 14.0 Å². The van der Waals surface area contributed by atoms with Crippen molar-refractivity contribution in [2.24, 2.45) is 5.92 Å². The van der Waals surface area contributed by atoms with Crippen LogP contribution >= 0.6 is 0 Å².